The molecule has 0 saturated carbocycles. The lowest BCUT2D eigenvalue weighted by Crippen LogP contribution is -2.08. The zero-order valence-electron chi connectivity index (χ0n) is 8.35. The zero-order valence-corrected chi connectivity index (χ0v) is 8.35. The van der Waals surface area contributed by atoms with Crippen LogP contribution in [0.1, 0.15) is 18.1 Å². The molecule has 0 bridgehead atoms. The Morgan fingerprint density at radius 3 is 2.57 bits per heavy atom. The van der Waals surface area contributed by atoms with E-state index in [1.54, 1.807) is 13.8 Å². The van der Waals surface area contributed by atoms with Crippen molar-refractivity contribution < 1.29 is 13.9 Å². The highest BCUT2D eigenvalue weighted by molar-refractivity contribution is 5.26. The molecule has 1 nitrogen and oxygen atoms in total. The summed E-state index contributed by atoms with van der Waals surface area (Å²) in [5, 5.41) is 8.80. The highest BCUT2D eigenvalue weighted by Crippen LogP contribution is 2.19. The lowest BCUT2D eigenvalue weighted by molar-refractivity contribution is 0.235. The summed E-state index contributed by atoms with van der Waals surface area (Å²) in [5.41, 5.74) is 0.512. The molecule has 0 radical (unpaired) electrons. The molecule has 0 aliphatic rings. The number of aliphatic hydroxyl groups is 1. The lowest BCUT2D eigenvalue weighted by Gasteiger charge is -2.10. The fraction of sp³-hybridized carbons (Fsp3) is 0.455. The molecule has 1 aromatic rings. The Morgan fingerprint density at radius 2 is 2.00 bits per heavy atom. The minimum atomic E-state index is -0.534. The maximum absolute atomic E-state index is 13.4. The second kappa shape index (κ2) is 4.51. The Bertz CT molecular complexity index is 323. The quantitative estimate of drug-likeness (QED) is 0.794. The first-order valence-electron chi connectivity index (χ1n) is 4.60. The van der Waals surface area contributed by atoms with Crippen LogP contribution in [0.25, 0.3) is 0 Å². The molecule has 0 saturated heterocycles. The summed E-state index contributed by atoms with van der Waals surface area (Å²) in [6.07, 6.45) is 0.232. The van der Waals surface area contributed by atoms with Crippen molar-refractivity contribution in [3.05, 3.63) is 34.9 Å². The van der Waals surface area contributed by atoms with Gasteiger partial charge in [-0.2, -0.15) is 0 Å². The van der Waals surface area contributed by atoms with Crippen LogP contribution in [-0.4, -0.2) is 11.7 Å². The summed E-state index contributed by atoms with van der Waals surface area (Å²) in [5.74, 6) is -1.15. The van der Waals surface area contributed by atoms with E-state index in [0.29, 0.717) is 5.56 Å². The third-order valence-corrected chi connectivity index (χ3v) is 2.24. The smallest absolute Gasteiger partial charge is 0.132 e. The summed E-state index contributed by atoms with van der Waals surface area (Å²) in [7, 11) is 0. The van der Waals surface area contributed by atoms with Gasteiger partial charge in [0, 0.05) is 12.2 Å². The standard InChI is InChI=1S/C11H14F2O/c1-7(6-14)5-9-10(12)4-3-8(2)11(9)13/h3-4,7,14H,5-6H2,1-2H3. The highest BCUT2D eigenvalue weighted by atomic mass is 19.1. The summed E-state index contributed by atoms with van der Waals surface area (Å²) >= 11 is 0. The molecule has 14 heavy (non-hydrogen) atoms. The van der Waals surface area contributed by atoms with Gasteiger partial charge in [-0.05, 0) is 30.9 Å². The van der Waals surface area contributed by atoms with Crippen molar-refractivity contribution in [1.29, 1.82) is 0 Å². The fourth-order valence-electron chi connectivity index (χ4n) is 1.31. The van der Waals surface area contributed by atoms with Gasteiger partial charge in [0.1, 0.15) is 11.6 Å². The van der Waals surface area contributed by atoms with Crippen LogP contribution in [-0.2, 0) is 6.42 Å². The lowest BCUT2D eigenvalue weighted by atomic mass is 9.99. The molecule has 0 aliphatic heterocycles. The first-order valence-corrected chi connectivity index (χ1v) is 4.60. The van der Waals surface area contributed by atoms with Crippen molar-refractivity contribution in [3.8, 4) is 0 Å². The molecule has 0 aromatic heterocycles. The molecule has 1 unspecified atom stereocenters. The van der Waals surface area contributed by atoms with E-state index in [1.807, 2.05) is 0 Å². The van der Waals surface area contributed by atoms with Gasteiger partial charge in [-0.3, -0.25) is 0 Å². The number of benzene rings is 1. The Kier molecular flexibility index (Phi) is 3.58. The Labute approximate surface area is 82.4 Å². The molecule has 1 atom stereocenters. The monoisotopic (exact) mass is 200 g/mol. The van der Waals surface area contributed by atoms with Crippen LogP contribution < -0.4 is 0 Å². The van der Waals surface area contributed by atoms with E-state index in [2.05, 4.69) is 0 Å². The summed E-state index contributed by atoms with van der Waals surface area (Å²) in [6.45, 7) is 3.29. The van der Waals surface area contributed by atoms with E-state index >= 15 is 0 Å². The molecule has 0 spiro atoms. The summed E-state index contributed by atoms with van der Waals surface area (Å²) in [4.78, 5) is 0. The third kappa shape index (κ3) is 2.29. The average Bonchev–Trinajstić information content (AvgIpc) is 2.18. The first kappa shape index (κ1) is 11.1. The summed E-state index contributed by atoms with van der Waals surface area (Å²) in [6, 6.07) is 2.68. The van der Waals surface area contributed by atoms with Crippen molar-refractivity contribution in [3.63, 3.8) is 0 Å². The highest BCUT2D eigenvalue weighted by Gasteiger charge is 2.13. The van der Waals surface area contributed by atoms with Gasteiger partial charge in [0.05, 0.1) is 0 Å². The van der Waals surface area contributed by atoms with E-state index < -0.39 is 11.6 Å². The van der Waals surface area contributed by atoms with E-state index in [-0.39, 0.29) is 24.5 Å². The maximum Gasteiger partial charge on any atom is 0.132 e. The van der Waals surface area contributed by atoms with Gasteiger partial charge in [0.15, 0.2) is 0 Å². The minimum absolute atomic E-state index is 0.0627. The Balaban J connectivity index is 3.00. The number of aliphatic hydroxyl groups excluding tert-OH is 1. The molecule has 78 valence electrons. The van der Waals surface area contributed by atoms with Crippen molar-refractivity contribution in [2.45, 2.75) is 20.3 Å². The molecule has 1 N–H and O–H groups in total. The van der Waals surface area contributed by atoms with Crippen molar-refractivity contribution in [1.82, 2.24) is 0 Å². The zero-order chi connectivity index (χ0) is 10.7. The maximum atomic E-state index is 13.4. The second-order valence-corrected chi connectivity index (χ2v) is 3.65. The van der Waals surface area contributed by atoms with Crippen LogP contribution in [0.15, 0.2) is 12.1 Å². The fourth-order valence-corrected chi connectivity index (χ4v) is 1.31. The topological polar surface area (TPSA) is 20.2 Å². The molecular weight excluding hydrogens is 186 g/mol. The number of hydrogen-bond acceptors (Lipinski definition) is 1. The van der Waals surface area contributed by atoms with Crippen molar-refractivity contribution >= 4 is 0 Å². The van der Waals surface area contributed by atoms with Gasteiger partial charge in [-0.25, -0.2) is 8.78 Å². The van der Waals surface area contributed by atoms with Crippen LogP contribution in [0, 0.1) is 24.5 Å². The molecular formula is C11H14F2O. The first-order chi connectivity index (χ1) is 6.56. The predicted octanol–water partition coefficient (Wildman–Crippen LogP) is 2.44. The third-order valence-electron chi connectivity index (χ3n) is 2.24. The van der Waals surface area contributed by atoms with E-state index in [1.165, 1.54) is 12.1 Å². The minimum Gasteiger partial charge on any atom is -0.396 e. The van der Waals surface area contributed by atoms with Gasteiger partial charge >= 0.3 is 0 Å². The van der Waals surface area contributed by atoms with Gasteiger partial charge in [0.2, 0.25) is 0 Å². The van der Waals surface area contributed by atoms with Crippen LogP contribution in [0.4, 0.5) is 8.78 Å². The van der Waals surface area contributed by atoms with Gasteiger partial charge in [0.25, 0.3) is 0 Å². The van der Waals surface area contributed by atoms with Crippen LogP contribution >= 0.6 is 0 Å². The second-order valence-electron chi connectivity index (χ2n) is 3.65. The molecule has 1 rings (SSSR count). The van der Waals surface area contributed by atoms with Gasteiger partial charge in [-0.15, -0.1) is 0 Å². The van der Waals surface area contributed by atoms with Crippen LogP contribution in [0.2, 0.25) is 0 Å². The van der Waals surface area contributed by atoms with Gasteiger partial charge < -0.3 is 5.11 Å². The van der Waals surface area contributed by atoms with Crippen LogP contribution in [0.5, 0.6) is 0 Å². The Morgan fingerprint density at radius 1 is 1.36 bits per heavy atom. The number of rotatable bonds is 3. The average molecular weight is 200 g/mol. The SMILES string of the molecule is Cc1ccc(F)c(CC(C)CO)c1F. The summed E-state index contributed by atoms with van der Waals surface area (Å²) < 4.78 is 26.6. The van der Waals surface area contributed by atoms with Crippen LogP contribution in [0.3, 0.4) is 0 Å². The van der Waals surface area contributed by atoms with E-state index in [4.69, 9.17) is 5.11 Å². The van der Waals surface area contributed by atoms with E-state index in [9.17, 15) is 8.78 Å². The molecule has 3 heteroatoms. The van der Waals surface area contributed by atoms with Gasteiger partial charge in [-0.1, -0.05) is 13.0 Å². The van der Waals surface area contributed by atoms with Crippen molar-refractivity contribution in [2.75, 3.05) is 6.61 Å². The number of aryl methyl sites for hydroxylation is 1. The molecule has 1 aromatic carbocycles. The molecule has 0 aliphatic carbocycles. The van der Waals surface area contributed by atoms with Crippen molar-refractivity contribution in [2.24, 2.45) is 5.92 Å². The van der Waals surface area contributed by atoms with E-state index in [0.717, 1.165) is 0 Å². The molecule has 0 heterocycles. The molecule has 0 fully saturated rings. The number of halogens is 2. The number of hydrogen-bond donors (Lipinski definition) is 1. The Hall–Kier alpha value is -0.960. The normalized spacial score (nSPS) is 12.9. The molecule has 0 amide bonds. The largest absolute Gasteiger partial charge is 0.396 e. The predicted molar refractivity (Wildman–Crippen MR) is 51.0 cm³/mol.